The zero-order valence-electron chi connectivity index (χ0n) is 18.8. The average molecular weight is 474 g/mol. The first-order valence-corrected chi connectivity index (χ1v) is 11.7. The zero-order valence-corrected chi connectivity index (χ0v) is 20.3. The van der Waals surface area contributed by atoms with Crippen molar-refractivity contribution in [3.05, 3.63) is 63.1 Å². The van der Waals surface area contributed by atoms with Gasteiger partial charge in [-0.3, -0.25) is 9.69 Å². The number of esters is 1. The molecule has 6 heteroatoms. The van der Waals surface area contributed by atoms with Gasteiger partial charge >= 0.3 is 5.97 Å². The van der Waals surface area contributed by atoms with Gasteiger partial charge in [0.15, 0.2) is 0 Å². The fourth-order valence-corrected chi connectivity index (χ4v) is 4.98. The number of likely N-dealkylation sites (tertiary alicyclic amines) is 1. The second-order valence-electron chi connectivity index (χ2n) is 9.66. The Morgan fingerprint density at radius 1 is 1.12 bits per heavy atom. The number of carbonyl (C=O) groups is 1. The van der Waals surface area contributed by atoms with E-state index in [0.29, 0.717) is 23.2 Å². The molecule has 2 aliphatic heterocycles. The van der Waals surface area contributed by atoms with Crippen LogP contribution in [-0.2, 0) is 14.9 Å². The Bertz CT molecular complexity index is 1010. The van der Waals surface area contributed by atoms with Gasteiger partial charge in [0.25, 0.3) is 0 Å². The Morgan fingerprint density at radius 2 is 1.81 bits per heavy atom. The highest BCUT2D eigenvalue weighted by Gasteiger charge is 2.43. The van der Waals surface area contributed by atoms with Crippen LogP contribution in [0.5, 0.6) is 5.75 Å². The maximum atomic E-state index is 12.2. The summed E-state index contributed by atoms with van der Waals surface area (Å²) in [6.07, 6.45) is 5.87. The number of rotatable bonds is 4. The quantitative estimate of drug-likeness (QED) is 0.389. The summed E-state index contributed by atoms with van der Waals surface area (Å²) in [6, 6.07) is 11.9. The molecule has 0 aromatic heterocycles. The molecule has 0 saturated carbocycles. The topological polar surface area (TPSA) is 38.8 Å². The summed E-state index contributed by atoms with van der Waals surface area (Å²) in [7, 11) is 0. The molecule has 1 fully saturated rings. The third-order valence-electron chi connectivity index (χ3n) is 6.11. The Kier molecular flexibility index (Phi) is 6.58. The summed E-state index contributed by atoms with van der Waals surface area (Å²) in [4.78, 5) is 14.4. The minimum atomic E-state index is -0.449. The fourth-order valence-electron chi connectivity index (χ4n) is 4.45. The predicted octanol–water partition coefficient (Wildman–Crippen LogP) is 6.23. The minimum Gasteiger partial charge on any atom is -0.492 e. The van der Waals surface area contributed by atoms with Gasteiger partial charge in [0.1, 0.15) is 11.4 Å². The van der Waals surface area contributed by atoms with Crippen molar-refractivity contribution < 1.29 is 14.3 Å². The lowest BCUT2D eigenvalue weighted by Crippen LogP contribution is -2.46. The molecule has 2 heterocycles. The summed E-state index contributed by atoms with van der Waals surface area (Å²) in [5.41, 5.74) is 2.69. The van der Waals surface area contributed by atoms with Crippen molar-refractivity contribution in [3.8, 4) is 5.75 Å². The van der Waals surface area contributed by atoms with Gasteiger partial charge in [-0.2, -0.15) is 0 Å². The van der Waals surface area contributed by atoms with Gasteiger partial charge in [0.05, 0.1) is 13.2 Å². The van der Waals surface area contributed by atoms with Crippen LogP contribution < -0.4 is 4.74 Å². The van der Waals surface area contributed by atoms with Crippen molar-refractivity contribution >= 4 is 41.3 Å². The highest BCUT2D eigenvalue weighted by Crippen LogP contribution is 2.46. The van der Waals surface area contributed by atoms with Crippen LogP contribution in [0.15, 0.2) is 36.4 Å². The SMILES string of the molecule is CC(C)(C)OC(=O)CN1CCC2(CC1)COc1cc(/C=C/c3c(Cl)cccc3Cl)ccc12. The first-order valence-electron chi connectivity index (χ1n) is 11.0. The molecule has 0 N–H and O–H groups in total. The van der Waals surface area contributed by atoms with Gasteiger partial charge < -0.3 is 9.47 Å². The van der Waals surface area contributed by atoms with Gasteiger partial charge in [0.2, 0.25) is 0 Å². The van der Waals surface area contributed by atoms with Crippen molar-refractivity contribution in [1.82, 2.24) is 4.90 Å². The van der Waals surface area contributed by atoms with Crippen LogP contribution in [0.1, 0.15) is 50.3 Å². The molecule has 0 unspecified atom stereocenters. The van der Waals surface area contributed by atoms with Crippen molar-refractivity contribution in [2.75, 3.05) is 26.2 Å². The van der Waals surface area contributed by atoms with E-state index in [-0.39, 0.29) is 11.4 Å². The van der Waals surface area contributed by atoms with Crippen LogP contribution in [0.4, 0.5) is 0 Å². The number of piperidine rings is 1. The molecule has 4 rings (SSSR count). The summed E-state index contributed by atoms with van der Waals surface area (Å²) in [5.74, 6) is 0.782. The van der Waals surface area contributed by atoms with Crippen LogP contribution in [0.2, 0.25) is 10.0 Å². The number of halogens is 2. The van der Waals surface area contributed by atoms with Crippen LogP contribution in [0, 0.1) is 0 Å². The van der Waals surface area contributed by atoms with E-state index in [1.54, 1.807) is 0 Å². The number of ether oxygens (including phenoxy) is 2. The molecular formula is C26H29Cl2NO3. The summed E-state index contributed by atoms with van der Waals surface area (Å²) < 4.78 is 11.6. The van der Waals surface area contributed by atoms with Crippen LogP contribution >= 0.6 is 23.2 Å². The first kappa shape index (κ1) is 23.2. The monoisotopic (exact) mass is 473 g/mol. The second-order valence-corrected chi connectivity index (χ2v) is 10.5. The Balaban J connectivity index is 1.42. The molecule has 0 bridgehead atoms. The molecular weight excluding hydrogens is 445 g/mol. The van der Waals surface area contributed by atoms with Crippen LogP contribution in [-0.4, -0.2) is 42.7 Å². The van der Waals surface area contributed by atoms with E-state index in [4.69, 9.17) is 32.7 Å². The molecule has 4 nitrogen and oxygen atoms in total. The Labute approximate surface area is 200 Å². The third-order valence-corrected chi connectivity index (χ3v) is 6.77. The van der Waals surface area contributed by atoms with E-state index >= 15 is 0 Å². The number of fused-ring (bicyclic) bond motifs is 2. The number of hydrogen-bond donors (Lipinski definition) is 0. The second kappa shape index (κ2) is 9.09. The first-order chi connectivity index (χ1) is 15.2. The third kappa shape index (κ3) is 5.14. The van der Waals surface area contributed by atoms with E-state index in [1.807, 2.05) is 51.1 Å². The molecule has 32 heavy (non-hydrogen) atoms. The Hall–Kier alpha value is -2.01. The fraction of sp³-hybridized carbons (Fsp3) is 0.423. The van der Waals surface area contributed by atoms with Crippen molar-refractivity contribution in [3.63, 3.8) is 0 Å². The summed E-state index contributed by atoms with van der Waals surface area (Å²) in [6.45, 7) is 8.44. The summed E-state index contributed by atoms with van der Waals surface area (Å²) in [5, 5.41) is 1.26. The normalized spacial score (nSPS) is 18.0. The van der Waals surface area contributed by atoms with Crippen molar-refractivity contribution in [2.24, 2.45) is 0 Å². The number of benzene rings is 2. The van der Waals surface area contributed by atoms with Crippen LogP contribution in [0.25, 0.3) is 12.2 Å². The maximum absolute atomic E-state index is 12.2. The number of carbonyl (C=O) groups excluding carboxylic acids is 1. The molecule has 170 valence electrons. The van der Waals surface area contributed by atoms with E-state index < -0.39 is 5.60 Å². The van der Waals surface area contributed by atoms with E-state index in [0.717, 1.165) is 42.8 Å². The lowest BCUT2D eigenvalue weighted by atomic mass is 9.74. The maximum Gasteiger partial charge on any atom is 0.320 e. The molecule has 0 aliphatic carbocycles. The van der Waals surface area contributed by atoms with Gasteiger partial charge in [-0.1, -0.05) is 53.6 Å². The number of nitrogens with zero attached hydrogens (tertiary/aromatic N) is 1. The van der Waals surface area contributed by atoms with Gasteiger partial charge in [-0.15, -0.1) is 0 Å². The molecule has 2 aliphatic rings. The van der Waals surface area contributed by atoms with Gasteiger partial charge in [0, 0.05) is 26.6 Å². The zero-order chi connectivity index (χ0) is 22.9. The largest absolute Gasteiger partial charge is 0.492 e. The average Bonchev–Trinajstić information content (AvgIpc) is 3.06. The predicted molar refractivity (Wildman–Crippen MR) is 131 cm³/mol. The summed E-state index contributed by atoms with van der Waals surface area (Å²) >= 11 is 12.5. The lowest BCUT2D eigenvalue weighted by molar-refractivity contribution is -0.156. The smallest absolute Gasteiger partial charge is 0.320 e. The molecule has 2 aromatic rings. The molecule has 0 radical (unpaired) electrons. The molecule has 1 saturated heterocycles. The number of hydrogen-bond acceptors (Lipinski definition) is 4. The van der Waals surface area contributed by atoms with E-state index in [2.05, 4.69) is 23.1 Å². The van der Waals surface area contributed by atoms with Crippen LogP contribution in [0.3, 0.4) is 0 Å². The van der Waals surface area contributed by atoms with Crippen molar-refractivity contribution in [2.45, 2.75) is 44.6 Å². The highest BCUT2D eigenvalue weighted by molar-refractivity contribution is 6.37. The highest BCUT2D eigenvalue weighted by atomic mass is 35.5. The Morgan fingerprint density at radius 3 is 2.47 bits per heavy atom. The van der Waals surface area contributed by atoms with E-state index in [1.165, 1.54) is 5.56 Å². The molecule has 0 atom stereocenters. The van der Waals surface area contributed by atoms with Crippen molar-refractivity contribution in [1.29, 1.82) is 0 Å². The van der Waals surface area contributed by atoms with Gasteiger partial charge in [-0.25, -0.2) is 0 Å². The standard InChI is InChI=1S/C26H29Cl2NO3/c1-25(2,3)32-24(30)16-29-13-11-26(12-14-29)17-31-23-15-18(8-10-20(23)26)7-9-19-21(27)5-4-6-22(19)28/h4-10,15H,11-14,16-17H2,1-3H3/b9-7+. The van der Waals surface area contributed by atoms with E-state index in [9.17, 15) is 4.79 Å². The molecule has 0 amide bonds. The lowest BCUT2D eigenvalue weighted by Gasteiger charge is -2.38. The molecule has 1 spiro atoms. The molecule has 2 aromatic carbocycles. The minimum absolute atomic E-state index is 0.0219. The van der Waals surface area contributed by atoms with Gasteiger partial charge in [-0.05, 0) is 70.5 Å².